The maximum atomic E-state index is 11.9. The number of aromatic nitrogens is 4. The third-order valence-electron chi connectivity index (χ3n) is 2.65. The Morgan fingerprint density at radius 2 is 2.21 bits per heavy atom. The highest BCUT2D eigenvalue weighted by molar-refractivity contribution is 7.09. The molecule has 0 spiro atoms. The maximum absolute atomic E-state index is 11.9. The van der Waals surface area contributed by atoms with Crippen molar-refractivity contribution in [1.29, 1.82) is 0 Å². The summed E-state index contributed by atoms with van der Waals surface area (Å²) in [6.45, 7) is 8.40. The Kier molecular flexibility index (Phi) is 3.66. The van der Waals surface area contributed by atoms with Gasteiger partial charge in [0.05, 0.1) is 17.7 Å². The molecule has 0 fully saturated rings. The van der Waals surface area contributed by atoms with Gasteiger partial charge in [-0.2, -0.15) is 0 Å². The van der Waals surface area contributed by atoms with E-state index in [4.69, 9.17) is 0 Å². The summed E-state index contributed by atoms with van der Waals surface area (Å²) >= 11 is 1.52. The molecule has 0 radical (unpaired) electrons. The molecule has 2 N–H and O–H groups in total. The molecule has 0 aliphatic carbocycles. The number of hydrogen-bond donors (Lipinski definition) is 2. The predicted molar refractivity (Wildman–Crippen MR) is 73.1 cm³/mol. The zero-order valence-electron chi connectivity index (χ0n) is 11.4. The van der Waals surface area contributed by atoms with Crippen molar-refractivity contribution in [2.45, 2.75) is 39.7 Å². The second-order valence-electron chi connectivity index (χ2n) is 5.30. The van der Waals surface area contributed by atoms with Crippen LogP contribution in [0.2, 0.25) is 0 Å². The summed E-state index contributed by atoms with van der Waals surface area (Å²) in [6, 6.07) is 0. The quantitative estimate of drug-likeness (QED) is 0.897. The molecule has 2 aromatic rings. The average Bonchev–Trinajstić information content (AvgIpc) is 2.93. The number of hydrogen-bond acceptors (Lipinski definition) is 5. The summed E-state index contributed by atoms with van der Waals surface area (Å²) in [4.78, 5) is 21.3. The van der Waals surface area contributed by atoms with Crippen molar-refractivity contribution < 1.29 is 4.79 Å². The molecule has 19 heavy (non-hydrogen) atoms. The number of nitrogens with one attached hydrogen (secondary N) is 2. The molecule has 6 nitrogen and oxygen atoms in total. The first-order chi connectivity index (χ1) is 8.88. The Morgan fingerprint density at radius 1 is 1.47 bits per heavy atom. The molecule has 0 aliphatic rings. The number of aryl methyl sites for hydroxylation is 1. The van der Waals surface area contributed by atoms with E-state index in [0.29, 0.717) is 12.4 Å². The van der Waals surface area contributed by atoms with Crippen LogP contribution in [0.5, 0.6) is 0 Å². The fourth-order valence-corrected chi connectivity index (χ4v) is 2.15. The monoisotopic (exact) mass is 279 g/mol. The highest BCUT2D eigenvalue weighted by Crippen LogP contribution is 2.17. The first-order valence-corrected chi connectivity index (χ1v) is 6.86. The molecule has 0 bridgehead atoms. The maximum Gasteiger partial charge on any atom is 0.291 e. The normalized spacial score (nSPS) is 11.6. The number of rotatable bonds is 3. The molecule has 0 aromatic carbocycles. The molecule has 0 saturated heterocycles. The first-order valence-electron chi connectivity index (χ1n) is 5.98. The fraction of sp³-hybridized carbons (Fsp3) is 0.500. The predicted octanol–water partition coefficient (Wildman–Crippen LogP) is 1.80. The van der Waals surface area contributed by atoms with E-state index in [9.17, 15) is 4.79 Å². The van der Waals surface area contributed by atoms with E-state index >= 15 is 0 Å². The highest BCUT2D eigenvalue weighted by atomic mass is 32.1. The van der Waals surface area contributed by atoms with E-state index in [1.807, 2.05) is 27.7 Å². The summed E-state index contributed by atoms with van der Waals surface area (Å²) in [5.74, 6) is 0.596. The second-order valence-corrected chi connectivity index (χ2v) is 6.24. The van der Waals surface area contributed by atoms with Gasteiger partial charge in [0.2, 0.25) is 5.82 Å². The fourth-order valence-electron chi connectivity index (χ4n) is 1.43. The van der Waals surface area contributed by atoms with Gasteiger partial charge in [-0.1, -0.05) is 20.8 Å². The zero-order valence-corrected chi connectivity index (χ0v) is 12.3. The van der Waals surface area contributed by atoms with Gasteiger partial charge in [0, 0.05) is 10.3 Å². The third kappa shape index (κ3) is 3.17. The number of carbonyl (C=O) groups is 1. The highest BCUT2D eigenvalue weighted by Gasteiger charge is 2.21. The molecule has 2 rings (SSSR count). The summed E-state index contributed by atoms with van der Waals surface area (Å²) in [7, 11) is 0. The van der Waals surface area contributed by atoms with Crippen molar-refractivity contribution in [3.05, 3.63) is 27.7 Å². The van der Waals surface area contributed by atoms with Crippen LogP contribution < -0.4 is 5.32 Å². The van der Waals surface area contributed by atoms with E-state index < -0.39 is 0 Å². The van der Waals surface area contributed by atoms with Crippen LogP contribution in [0.1, 0.15) is 47.8 Å². The van der Waals surface area contributed by atoms with E-state index in [2.05, 4.69) is 25.5 Å². The number of H-pyrrole nitrogens is 1. The minimum absolute atomic E-state index is 0.153. The summed E-state index contributed by atoms with van der Waals surface area (Å²) < 4.78 is 0. The Morgan fingerprint density at radius 3 is 2.74 bits per heavy atom. The zero-order chi connectivity index (χ0) is 14.0. The molecule has 7 heteroatoms. The lowest BCUT2D eigenvalue weighted by atomic mass is 9.96. The molecule has 0 aliphatic heterocycles. The largest absolute Gasteiger partial charge is 0.344 e. The Hall–Kier alpha value is -1.76. The van der Waals surface area contributed by atoms with Crippen LogP contribution in [0.4, 0.5) is 0 Å². The summed E-state index contributed by atoms with van der Waals surface area (Å²) in [5.41, 5.74) is 2.55. The standard InChI is InChI=1S/C12H17N5OS/c1-7-8(19-6-14-7)5-13-10(18)9-15-11(17-16-9)12(2,3)4/h6H,5H2,1-4H3,(H,13,18)(H,15,16,17). The smallest absolute Gasteiger partial charge is 0.291 e. The minimum atomic E-state index is -0.278. The van der Waals surface area contributed by atoms with Crippen molar-refractivity contribution in [2.75, 3.05) is 0 Å². The average molecular weight is 279 g/mol. The van der Waals surface area contributed by atoms with Crippen LogP contribution in [-0.4, -0.2) is 26.1 Å². The molecule has 0 saturated carbocycles. The lowest BCUT2D eigenvalue weighted by molar-refractivity contribution is 0.0941. The second kappa shape index (κ2) is 5.08. The topological polar surface area (TPSA) is 83.6 Å². The molecular formula is C12H17N5OS. The number of thiazole rings is 1. The van der Waals surface area contributed by atoms with Crippen molar-refractivity contribution in [3.8, 4) is 0 Å². The molecule has 0 atom stereocenters. The lowest BCUT2D eigenvalue weighted by Gasteiger charge is -2.12. The van der Waals surface area contributed by atoms with E-state index in [-0.39, 0.29) is 17.1 Å². The molecule has 2 heterocycles. The van der Waals surface area contributed by atoms with Crippen molar-refractivity contribution in [2.24, 2.45) is 0 Å². The van der Waals surface area contributed by atoms with Crippen molar-refractivity contribution in [3.63, 3.8) is 0 Å². The van der Waals surface area contributed by atoms with Gasteiger partial charge in [0.1, 0.15) is 5.82 Å². The summed E-state index contributed by atoms with van der Waals surface area (Å²) in [5, 5.41) is 9.54. The summed E-state index contributed by atoms with van der Waals surface area (Å²) in [6.07, 6.45) is 0. The Balaban J connectivity index is 2.01. The molecule has 102 valence electrons. The van der Waals surface area contributed by atoms with Gasteiger partial charge in [-0.05, 0) is 6.92 Å². The van der Waals surface area contributed by atoms with Crippen LogP contribution in [0.3, 0.4) is 0 Å². The van der Waals surface area contributed by atoms with Gasteiger partial charge in [0.25, 0.3) is 5.91 Å². The molecule has 0 unspecified atom stereocenters. The van der Waals surface area contributed by atoms with Gasteiger partial charge in [0.15, 0.2) is 0 Å². The minimum Gasteiger partial charge on any atom is -0.344 e. The van der Waals surface area contributed by atoms with E-state index in [1.165, 1.54) is 11.3 Å². The van der Waals surface area contributed by atoms with Crippen LogP contribution in [0.25, 0.3) is 0 Å². The van der Waals surface area contributed by atoms with Crippen LogP contribution in [0, 0.1) is 6.92 Å². The number of nitrogens with zero attached hydrogens (tertiary/aromatic N) is 3. The van der Waals surface area contributed by atoms with Crippen molar-refractivity contribution in [1.82, 2.24) is 25.5 Å². The van der Waals surface area contributed by atoms with Gasteiger partial charge in [-0.15, -0.1) is 16.4 Å². The van der Waals surface area contributed by atoms with Crippen LogP contribution in [-0.2, 0) is 12.0 Å². The van der Waals surface area contributed by atoms with E-state index in [1.54, 1.807) is 5.51 Å². The van der Waals surface area contributed by atoms with Gasteiger partial charge >= 0.3 is 0 Å². The van der Waals surface area contributed by atoms with Gasteiger partial charge in [-0.25, -0.2) is 9.97 Å². The van der Waals surface area contributed by atoms with Crippen molar-refractivity contribution >= 4 is 17.2 Å². The van der Waals surface area contributed by atoms with E-state index in [0.717, 1.165) is 10.6 Å². The van der Waals surface area contributed by atoms with Gasteiger partial charge < -0.3 is 5.32 Å². The third-order valence-corrected chi connectivity index (χ3v) is 3.59. The Bertz CT molecular complexity index is 581. The van der Waals surface area contributed by atoms with Crippen LogP contribution >= 0.6 is 11.3 Å². The van der Waals surface area contributed by atoms with Gasteiger partial charge in [-0.3, -0.25) is 9.89 Å². The van der Waals surface area contributed by atoms with Crippen LogP contribution in [0.15, 0.2) is 5.51 Å². The lowest BCUT2D eigenvalue weighted by Crippen LogP contribution is -2.24. The number of carbonyl (C=O) groups excluding carboxylic acids is 1. The number of amides is 1. The SMILES string of the molecule is Cc1ncsc1CNC(=O)c1n[nH]c(C(C)(C)C)n1. The molecule has 1 amide bonds. The molecule has 2 aromatic heterocycles. The number of aromatic amines is 1. The first kappa shape index (κ1) is 13.7. The Labute approximate surface area is 115 Å². The molecular weight excluding hydrogens is 262 g/mol.